The van der Waals surface area contributed by atoms with Crippen LogP contribution in [0.1, 0.15) is 25.5 Å². The van der Waals surface area contributed by atoms with Crippen LogP contribution in [0, 0.1) is 0 Å². The number of rotatable bonds is 2. The van der Waals surface area contributed by atoms with Crippen LogP contribution in [-0.4, -0.2) is 19.5 Å². The van der Waals surface area contributed by atoms with Crippen molar-refractivity contribution in [2.45, 2.75) is 24.8 Å². The minimum atomic E-state index is -4.20. The van der Waals surface area contributed by atoms with Crippen molar-refractivity contribution in [2.24, 2.45) is 0 Å². The molecule has 2 aromatic rings. The van der Waals surface area contributed by atoms with Gasteiger partial charge in [0, 0.05) is 23.0 Å². The van der Waals surface area contributed by atoms with Gasteiger partial charge < -0.3 is 4.90 Å². The molecule has 0 aliphatic carbocycles. The highest BCUT2D eigenvalue weighted by atomic mass is 32.2. The number of anilines is 1. The molecule has 19 heavy (non-hydrogen) atoms. The molecule has 3 rings (SSSR count). The van der Waals surface area contributed by atoms with Crippen LogP contribution >= 0.6 is 0 Å². The van der Waals surface area contributed by atoms with Crippen LogP contribution in [0.2, 0.25) is 0 Å². The van der Waals surface area contributed by atoms with E-state index in [1.807, 2.05) is 12.1 Å². The molecule has 5 heteroatoms. The van der Waals surface area contributed by atoms with E-state index in [9.17, 15) is 13.0 Å². The highest BCUT2D eigenvalue weighted by Crippen LogP contribution is 2.45. The molecule has 1 aliphatic rings. The molecule has 0 bridgehead atoms. The number of benzene rings is 2. The van der Waals surface area contributed by atoms with Gasteiger partial charge in [-0.1, -0.05) is 18.2 Å². The first-order chi connectivity index (χ1) is 8.95. The zero-order valence-electron chi connectivity index (χ0n) is 10.8. The number of hydrogen-bond donors (Lipinski definition) is 1. The zero-order valence-corrected chi connectivity index (χ0v) is 11.6. The molecule has 0 radical (unpaired) electrons. The molecule has 1 aliphatic heterocycles. The highest BCUT2D eigenvalue weighted by molar-refractivity contribution is 7.86. The van der Waals surface area contributed by atoms with Gasteiger partial charge in [-0.15, -0.1) is 0 Å². The fraction of sp³-hybridized carbons (Fsp3) is 0.286. The van der Waals surface area contributed by atoms with Crippen molar-refractivity contribution in [1.82, 2.24) is 0 Å². The van der Waals surface area contributed by atoms with E-state index in [1.54, 1.807) is 12.1 Å². The summed E-state index contributed by atoms with van der Waals surface area (Å²) in [6.45, 7) is 5.03. The first kappa shape index (κ1) is 12.4. The van der Waals surface area contributed by atoms with Crippen molar-refractivity contribution in [3.05, 3.63) is 35.9 Å². The van der Waals surface area contributed by atoms with Gasteiger partial charge >= 0.3 is 0 Å². The molecule has 0 spiro atoms. The Morgan fingerprint density at radius 1 is 1.26 bits per heavy atom. The Hall–Kier alpha value is -1.59. The first-order valence-corrected chi connectivity index (χ1v) is 7.69. The summed E-state index contributed by atoms with van der Waals surface area (Å²) < 4.78 is 32.3. The smallest absolute Gasteiger partial charge is 0.295 e. The van der Waals surface area contributed by atoms with Crippen molar-refractivity contribution in [2.75, 3.05) is 11.4 Å². The summed E-state index contributed by atoms with van der Waals surface area (Å²) >= 11 is 0. The topological polar surface area (TPSA) is 57.6 Å². The molecule has 1 atom stereocenters. The Bertz CT molecular complexity index is 768. The van der Waals surface area contributed by atoms with E-state index < -0.39 is 10.1 Å². The molecule has 1 heterocycles. The Labute approximate surface area is 112 Å². The lowest BCUT2D eigenvalue weighted by molar-refractivity contribution is 0.484. The molecule has 0 aromatic heterocycles. The van der Waals surface area contributed by atoms with E-state index in [4.69, 9.17) is 0 Å². The lowest BCUT2D eigenvalue weighted by atomic mass is 10.0. The monoisotopic (exact) mass is 277 g/mol. The van der Waals surface area contributed by atoms with Gasteiger partial charge in [0.15, 0.2) is 0 Å². The van der Waals surface area contributed by atoms with Crippen LogP contribution in [-0.2, 0) is 10.1 Å². The number of nitrogens with zero attached hydrogens (tertiary/aromatic N) is 1. The third kappa shape index (κ3) is 1.65. The van der Waals surface area contributed by atoms with E-state index >= 15 is 0 Å². The van der Waals surface area contributed by atoms with Crippen LogP contribution in [0.25, 0.3) is 10.8 Å². The summed E-state index contributed by atoms with van der Waals surface area (Å²) in [6.07, 6.45) is 0. The summed E-state index contributed by atoms with van der Waals surface area (Å²) in [5.41, 5.74) is 2.15. The highest BCUT2D eigenvalue weighted by Gasteiger charge is 2.29. The normalized spacial score (nSPS) is 18.3. The van der Waals surface area contributed by atoms with E-state index in [0.717, 1.165) is 23.2 Å². The minimum Gasteiger partial charge on any atom is -0.365 e. The second-order valence-electron chi connectivity index (χ2n) is 4.79. The minimum absolute atomic E-state index is 0.0155. The SMILES string of the molecule is CCN1c2ccc(S(=O)(=O)O)c3cccc(c23)C1C. The lowest BCUT2D eigenvalue weighted by Gasteiger charge is -2.23. The average Bonchev–Trinajstić information content (AvgIpc) is 2.63. The molecular weight excluding hydrogens is 262 g/mol. The van der Waals surface area contributed by atoms with Crippen LogP contribution in [0.3, 0.4) is 0 Å². The summed E-state index contributed by atoms with van der Waals surface area (Å²) in [7, 11) is -4.20. The molecule has 100 valence electrons. The quantitative estimate of drug-likeness (QED) is 0.857. The van der Waals surface area contributed by atoms with E-state index in [2.05, 4.69) is 18.7 Å². The predicted octanol–water partition coefficient (Wildman–Crippen LogP) is 2.99. The molecule has 1 N–H and O–H groups in total. The lowest BCUT2D eigenvalue weighted by Crippen LogP contribution is -2.21. The summed E-state index contributed by atoms with van der Waals surface area (Å²) in [5.74, 6) is 0. The molecule has 0 saturated heterocycles. The molecule has 0 amide bonds. The fourth-order valence-electron chi connectivity index (χ4n) is 3.02. The van der Waals surface area contributed by atoms with Gasteiger partial charge in [-0.25, -0.2) is 0 Å². The maximum Gasteiger partial charge on any atom is 0.295 e. The Morgan fingerprint density at radius 3 is 2.63 bits per heavy atom. The van der Waals surface area contributed by atoms with Gasteiger partial charge in [0.2, 0.25) is 0 Å². The Morgan fingerprint density at radius 2 is 2.00 bits per heavy atom. The second kappa shape index (κ2) is 3.95. The fourth-order valence-corrected chi connectivity index (χ4v) is 3.71. The standard InChI is InChI=1S/C14H15NO3S/c1-3-15-9(2)10-5-4-6-11-13(19(16,17)18)8-7-12(15)14(10)11/h4-9H,3H2,1-2H3,(H,16,17,18). The summed E-state index contributed by atoms with van der Waals surface area (Å²) in [6, 6.07) is 9.09. The molecule has 1 unspecified atom stereocenters. The third-order valence-electron chi connectivity index (χ3n) is 3.86. The van der Waals surface area contributed by atoms with Gasteiger partial charge in [-0.3, -0.25) is 4.55 Å². The molecule has 0 saturated carbocycles. The summed E-state index contributed by atoms with van der Waals surface area (Å²) in [4.78, 5) is 2.21. The van der Waals surface area contributed by atoms with Crippen molar-refractivity contribution in [3.8, 4) is 0 Å². The van der Waals surface area contributed by atoms with Crippen molar-refractivity contribution in [3.63, 3.8) is 0 Å². The Kier molecular flexibility index (Phi) is 2.59. The van der Waals surface area contributed by atoms with E-state index in [0.29, 0.717) is 5.39 Å². The van der Waals surface area contributed by atoms with Gasteiger partial charge in [-0.2, -0.15) is 8.42 Å². The maximum atomic E-state index is 11.5. The van der Waals surface area contributed by atoms with Gasteiger partial charge in [0.05, 0.1) is 6.04 Å². The summed E-state index contributed by atoms with van der Waals surface area (Å²) in [5, 5.41) is 1.53. The zero-order chi connectivity index (χ0) is 13.8. The van der Waals surface area contributed by atoms with Crippen molar-refractivity contribution < 1.29 is 13.0 Å². The predicted molar refractivity (Wildman–Crippen MR) is 75.2 cm³/mol. The van der Waals surface area contributed by atoms with Gasteiger partial charge in [0.1, 0.15) is 4.90 Å². The van der Waals surface area contributed by atoms with Crippen LogP contribution in [0.15, 0.2) is 35.2 Å². The second-order valence-corrected chi connectivity index (χ2v) is 6.18. The van der Waals surface area contributed by atoms with E-state index in [-0.39, 0.29) is 10.9 Å². The molecule has 0 fully saturated rings. The van der Waals surface area contributed by atoms with Crippen molar-refractivity contribution in [1.29, 1.82) is 0 Å². The average molecular weight is 277 g/mol. The molecular formula is C14H15NO3S. The number of hydrogen-bond acceptors (Lipinski definition) is 3. The molecule has 2 aromatic carbocycles. The third-order valence-corrected chi connectivity index (χ3v) is 4.77. The van der Waals surface area contributed by atoms with Gasteiger partial charge in [-0.05, 0) is 31.5 Å². The first-order valence-electron chi connectivity index (χ1n) is 6.25. The largest absolute Gasteiger partial charge is 0.365 e. The molecule has 4 nitrogen and oxygen atoms in total. The Balaban J connectivity index is 2.45. The van der Waals surface area contributed by atoms with Crippen LogP contribution in [0.5, 0.6) is 0 Å². The van der Waals surface area contributed by atoms with Gasteiger partial charge in [0.25, 0.3) is 10.1 Å². The van der Waals surface area contributed by atoms with Crippen molar-refractivity contribution >= 4 is 26.6 Å². The maximum absolute atomic E-state index is 11.5. The van der Waals surface area contributed by atoms with Crippen LogP contribution < -0.4 is 4.90 Å². The van der Waals surface area contributed by atoms with E-state index in [1.165, 1.54) is 6.07 Å². The van der Waals surface area contributed by atoms with Crippen LogP contribution in [0.4, 0.5) is 5.69 Å².